The first-order valence-electron chi connectivity index (χ1n) is 7.87. The number of hydrogen-bond donors (Lipinski definition) is 1. The van der Waals surface area contributed by atoms with Gasteiger partial charge in [0.15, 0.2) is 0 Å². The van der Waals surface area contributed by atoms with Gasteiger partial charge in [0.05, 0.1) is 0 Å². The molecule has 0 spiro atoms. The zero-order valence-corrected chi connectivity index (χ0v) is 13.1. The molecule has 0 amide bonds. The zero-order valence-electron chi connectivity index (χ0n) is 13.1. The molecule has 1 saturated heterocycles. The predicted octanol–water partition coefficient (Wildman–Crippen LogP) is 3.22. The van der Waals surface area contributed by atoms with Gasteiger partial charge >= 0.3 is 0 Å². The molecule has 1 aromatic rings. The highest BCUT2D eigenvalue weighted by atomic mass is 16.5. The number of nitrogens with one attached hydrogen (secondary N) is 1. The van der Waals surface area contributed by atoms with E-state index in [2.05, 4.69) is 55.4 Å². The Bertz CT molecular complexity index is 400. The Morgan fingerprint density at radius 1 is 1.35 bits per heavy atom. The summed E-state index contributed by atoms with van der Waals surface area (Å²) < 4.78 is 6.14. The fourth-order valence-corrected chi connectivity index (χ4v) is 2.63. The van der Waals surface area contributed by atoms with Crippen molar-refractivity contribution in [3.05, 3.63) is 29.8 Å². The molecular formula is C17H28N2O. The highest BCUT2D eigenvalue weighted by Crippen LogP contribution is 2.22. The summed E-state index contributed by atoms with van der Waals surface area (Å²) in [5.74, 6) is 1.02. The van der Waals surface area contributed by atoms with Crippen molar-refractivity contribution in [2.75, 3.05) is 26.7 Å². The van der Waals surface area contributed by atoms with Gasteiger partial charge in [-0.3, -0.25) is 0 Å². The van der Waals surface area contributed by atoms with Crippen molar-refractivity contribution in [3.63, 3.8) is 0 Å². The maximum absolute atomic E-state index is 6.14. The van der Waals surface area contributed by atoms with Crippen LogP contribution in [0.2, 0.25) is 0 Å². The summed E-state index contributed by atoms with van der Waals surface area (Å²) in [5.41, 5.74) is 1.31. The minimum atomic E-state index is 0.375. The van der Waals surface area contributed by atoms with Gasteiger partial charge in [0, 0.05) is 19.1 Å². The molecule has 1 N–H and O–H groups in total. The Morgan fingerprint density at radius 3 is 2.80 bits per heavy atom. The maximum Gasteiger partial charge on any atom is 0.120 e. The summed E-state index contributed by atoms with van der Waals surface area (Å²) in [6, 6.07) is 8.93. The van der Waals surface area contributed by atoms with Gasteiger partial charge in [0.1, 0.15) is 11.9 Å². The lowest BCUT2D eigenvalue weighted by molar-refractivity contribution is 0.114. The quantitative estimate of drug-likeness (QED) is 0.863. The summed E-state index contributed by atoms with van der Waals surface area (Å²) >= 11 is 0. The van der Waals surface area contributed by atoms with Gasteiger partial charge in [0.25, 0.3) is 0 Å². The van der Waals surface area contributed by atoms with Crippen molar-refractivity contribution in [2.45, 2.75) is 45.3 Å². The minimum Gasteiger partial charge on any atom is -0.490 e. The monoisotopic (exact) mass is 276 g/mol. The van der Waals surface area contributed by atoms with Crippen LogP contribution in [-0.4, -0.2) is 37.7 Å². The summed E-state index contributed by atoms with van der Waals surface area (Å²) in [6.45, 7) is 7.74. The van der Waals surface area contributed by atoms with E-state index in [1.807, 2.05) is 0 Å². The molecule has 20 heavy (non-hydrogen) atoms. The molecule has 0 aromatic heterocycles. The first-order chi connectivity index (χ1) is 9.69. The van der Waals surface area contributed by atoms with Crippen molar-refractivity contribution in [3.8, 4) is 5.75 Å². The summed E-state index contributed by atoms with van der Waals surface area (Å²) in [5, 5.41) is 3.52. The second kappa shape index (κ2) is 7.65. The van der Waals surface area contributed by atoms with Crippen LogP contribution in [0.1, 0.15) is 44.7 Å². The Hall–Kier alpha value is -1.06. The molecule has 112 valence electrons. The molecule has 0 bridgehead atoms. The Kier molecular flexibility index (Phi) is 5.86. The lowest BCUT2D eigenvalue weighted by Crippen LogP contribution is -2.35. The van der Waals surface area contributed by atoms with E-state index in [1.165, 1.54) is 5.56 Å². The molecule has 1 atom stereocenters. The number of ether oxygens (including phenoxy) is 1. The Labute approximate surface area is 123 Å². The van der Waals surface area contributed by atoms with Crippen molar-refractivity contribution < 1.29 is 4.74 Å². The average molecular weight is 276 g/mol. The molecule has 0 aliphatic carbocycles. The van der Waals surface area contributed by atoms with Crippen LogP contribution in [0.3, 0.4) is 0 Å². The van der Waals surface area contributed by atoms with Crippen LogP contribution in [0.25, 0.3) is 0 Å². The highest BCUT2D eigenvalue weighted by molar-refractivity contribution is 5.30. The van der Waals surface area contributed by atoms with Crippen LogP contribution in [0.4, 0.5) is 0 Å². The number of likely N-dealkylation sites (tertiary alicyclic amines) is 1. The predicted molar refractivity (Wildman–Crippen MR) is 84.3 cm³/mol. The number of nitrogens with zero attached hydrogens (tertiary/aromatic N) is 1. The molecule has 3 heteroatoms. The molecule has 1 aliphatic rings. The molecule has 3 nitrogen and oxygen atoms in total. The molecule has 2 rings (SSSR count). The van der Waals surface area contributed by atoms with E-state index >= 15 is 0 Å². The molecule has 0 saturated carbocycles. The fourth-order valence-electron chi connectivity index (χ4n) is 2.63. The van der Waals surface area contributed by atoms with Crippen LogP contribution in [-0.2, 0) is 0 Å². The largest absolute Gasteiger partial charge is 0.490 e. The third-order valence-electron chi connectivity index (χ3n) is 4.03. The molecule has 1 aliphatic heterocycles. The van der Waals surface area contributed by atoms with Gasteiger partial charge in [-0.2, -0.15) is 0 Å². The SMILES string of the molecule is CCCNC(C)c1cccc(OC2CCN(C)CC2)c1. The van der Waals surface area contributed by atoms with Gasteiger partial charge in [0.2, 0.25) is 0 Å². The van der Waals surface area contributed by atoms with Crippen LogP contribution < -0.4 is 10.1 Å². The maximum atomic E-state index is 6.14. The fraction of sp³-hybridized carbons (Fsp3) is 0.647. The minimum absolute atomic E-state index is 0.375. The van der Waals surface area contributed by atoms with Crippen LogP contribution in [0.5, 0.6) is 5.75 Å². The van der Waals surface area contributed by atoms with Crippen molar-refractivity contribution >= 4 is 0 Å². The molecule has 0 radical (unpaired) electrons. The van der Waals surface area contributed by atoms with Crippen LogP contribution in [0, 0.1) is 0 Å². The normalized spacial score (nSPS) is 18.9. The third kappa shape index (κ3) is 4.50. The lowest BCUT2D eigenvalue weighted by atomic mass is 10.1. The van der Waals surface area contributed by atoms with Gasteiger partial charge in [-0.1, -0.05) is 19.1 Å². The first-order valence-corrected chi connectivity index (χ1v) is 7.87. The van der Waals surface area contributed by atoms with Crippen molar-refractivity contribution in [1.29, 1.82) is 0 Å². The van der Waals surface area contributed by atoms with Gasteiger partial charge in [-0.05, 0) is 57.5 Å². The average Bonchev–Trinajstić information content (AvgIpc) is 2.47. The standard InChI is InChI=1S/C17H28N2O/c1-4-10-18-14(2)15-6-5-7-17(13-15)20-16-8-11-19(3)12-9-16/h5-7,13-14,16,18H,4,8-12H2,1-3H3. The van der Waals surface area contributed by atoms with Crippen LogP contribution >= 0.6 is 0 Å². The number of benzene rings is 1. The van der Waals surface area contributed by atoms with Crippen molar-refractivity contribution in [2.24, 2.45) is 0 Å². The van der Waals surface area contributed by atoms with E-state index in [-0.39, 0.29) is 0 Å². The van der Waals surface area contributed by atoms with E-state index in [0.29, 0.717) is 12.1 Å². The highest BCUT2D eigenvalue weighted by Gasteiger charge is 2.18. The molecular weight excluding hydrogens is 248 g/mol. The van der Waals surface area contributed by atoms with E-state index in [1.54, 1.807) is 0 Å². The van der Waals surface area contributed by atoms with Gasteiger partial charge < -0.3 is 15.0 Å². The van der Waals surface area contributed by atoms with E-state index in [0.717, 1.165) is 44.6 Å². The van der Waals surface area contributed by atoms with E-state index in [9.17, 15) is 0 Å². The number of rotatable bonds is 6. The summed E-state index contributed by atoms with van der Waals surface area (Å²) in [4.78, 5) is 2.37. The van der Waals surface area contributed by atoms with E-state index < -0.39 is 0 Å². The zero-order chi connectivity index (χ0) is 14.4. The Balaban J connectivity index is 1.92. The first kappa shape index (κ1) is 15.3. The molecule has 1 fully saturated rings. The third-order valence-corrected chi connectivity index (χ3v) is 4.03. The summed E-state index contributed by atoms with van der Waals surface area (Å²) in [7, 11) is 2.18. The molecule has 1 heterocycles. The van der Waals surface area contributed by atoms with Crippen molar-refractivity contribution in [1.82, 2.24) is 10.2 Å². The van der Waals surface area contributed by atoms with E-state index in [4.69, 9.17) is 4.74 Å². The lowest BCUT2D eigenvalue weighted by Gasteiger charge is -2.29. The Morgan fingerprint density at radius 2 is 2.10 bits per heavy atom. The number of hydrogen-bond acceptors (Lipinski definition) is 3. The smallest absolute Gasteiger partial charge is 0.120 e. The molecule has 1 aromatic carbocycles. The van der Waals surface area contributed by atoms with Crippen LogP contribution in [0.15, 0.2) is 24.3 Å². The van der Waals surface area contributed by atoms with Gasteiger partial charge in [-0.15, -0.1) is 0 Å². The van der Waals surface area contributed by atoms with Gasteiger partial charge in [-0.25, -0.2) is 0 Å². The second-order valence-electron chi connectivity index (χ2n) is 5.87. The topological polar surface area (TPSA) is 24.5 Å². The molecule has 1 unspecified atom stereocenters. The second-order valence-corrected chi connectivity index (χ2v) is 5.87. The summed E-state index contributed by atoms with van der Waals surface area (Å²) in [6.07, 6.45) is 3.80. The number of piperidine rings is 1.